The van der Waals surface area contributed by atoms with E-state index in [1.807, 2.05) is 11.8 Å². The number of piperidine rings is 1. The van der Waals surface area contributed by atoms with E-state index in [0.717, 1.165) is 36.7 Å². The lowest BCUT2D eigenvalue weighted by Crippen LogP contribution is -2.44. The zero-order valence-corrected chi connectivity index (χ0v) is 21.2. The highest BCUT2D eigenvalue weighted by Gasteiger charge is 2.34. The van der Waals surface area contributed by atoms with E-state index in [1.54, 1.807) is 18.2 Å². The van der Waals surface area contributed by atoms with Crippen LogP contribution in [0.3, 0.4) is 0 Å². The van der Waals surface area contributed by atoms with Gasteiger partial charge in [-0.3, -0.25) is 14.6 Å². The van der Waals surface area contributed by atoms with Gasteiger partial charge in [0.15, 0.2) is 11.6 Å². The van der Waals surface area contributed by atoms with Gasteiger partial charge in [-0.25, -0.2) is 4.39 Å². The van der Waals surface area contributed by atoms with E-state index in [9.17, 15) is 19.1 Å². The van der Waals surface area contributed by atoms with E-state index in [4.69, 9.17) is 4.74 Å². The molecule has 6 nitrogen and oxygen atoms in total. The lowest BCUT2D eigenvalue weighted by molar-refractivity contribution is -0.146. The van der Waals surface area contributed by atoms with Crippen LogP contribution < -0.4 is 4.74 Å². The minimum absolute atomic E-state index is 0.0120. The van der Waals surface area contributed by atoms with E-state index in [0.29, 0.717) is 29.6 Å². The molecule has 35 heavy (non-hydrogen) atoms. The molecule has 4 rings (SSSR count). The lowest BCUT2D eigenvalue weighted by Gasteiger charge is -2.36. The first kappa shape index (κ1) is 25.9. The molecule has 1 saturated carbocycles. The average Bonchev–Trinajstić information content (AvgIpc) is 2.87. The summed E-state index contributed by atoms with van der Waals surface area (Å²) in [5.74, 6) is -0.816. The number of hydrogen-bond acceptors (Lipinski definition) is 6. The predicted molar refractivity (Wildman–Crippen MR) is 137 cm³/mol. The smallest absolute Gasteiger partial charge is 0.308 e. The van der Waals surface area contributed by atoms with Gasteiger partial charge in [-0.2, -0.15) is 11.8 Å². The molecule has 1 aliphatic carbocycles. The van der Waals surface area contributed by atoms with Gasteiger partial charge in [0.2, 0.25) is 0 Å². The first-order chi connectivity index (χ1) is 17.0. The molecule has 2 aromatic rings. The molecule has 1 N–H and O–H groups in total. The zero-order chi connectivity index (χ0) is 24.8. The van der Waals surface area contributed by atoms with Crippen molar-refractivity contribution < 1.29 is 23.8 Å². The number of hydrogen-bond donors (Lipinski definition) is 1. The van der Waals surface area contributed by atoms with E-state index < -0.39 is 17.7 Å². The summed E-state index contributed by atoms with van der Waals surface area (Å²) in [6, 6.07) is 5.05. The summed E-state index contributed by atoms with van der Waals surface area (Å²) >= 11 is 2.03. The molecule has 2 aliphatic rings. The van der Waals surface area contributed by atoms with Crippen LogP contribution in [0, 0.1) is 17.7 Å². The van der Waals surface area contributed by atoms with Crippen LogP contribution >= 0.6 is 11.8 Å². The number of benzene rings is 1. The molecule has 2 fully saturated rings. The Kier molecular flexibility index (Phi) is 9.00. The van der Waals surface area contributed by atoms with Crippen molar-refractivity contribution in [3.63, 3.8) is 0 Å². The van der Waals surface area contributed by atoms with Crippen molar-refractivity contribution in [2.75, 3.05) is 32.5 Å². The number of fused-ring (bicyclic) bond motifs is 1. The number of carboxylic acids is 1. The normalized spacial score (nSPS) is 21.8. The quantitative estimate of drug-likeness (QED) is 0.434. The fraction of sp³-hybridized carbons (Fsp3) is 0.593. The maximum atomic E-state index is 14.7. The number of thioether (sulfide) groups is 1. The Balaban J connectivity index is 1.35. The molecule has 1 aromatic carbocycles. The Bertz CT molecular complexity index is 1040. The summed E-state index contributed by atoms with van der Waals surface area (Å²) in [5, 5.41) is 11.1. The first-order valence-electron chi connectivity index (χ1n) is 12.7. The summed E-state index contributed by atoms with van der Waals surface area (Å²) in [6.45, 7) is 2.27. The van der Waals surface area contributed by atoms with E-state index >= 15 is 0 Å². The second kappa shape index (κ2) is 12.2. The van der Waals surface area contributed by atoms with Crippen molar-refractivity contribution in [1.82, 2.24) is 9.88 Å². The van der Waals surface area contributed by atoms with Crippen molar-refractivity contribution >= 4 is 34.4 Å². The van der Waals surface area contributed by atoms with Crippen LogP contribution in [0.25, 0.3) is 10.9 Å². The highest BCUT2D eigenvalue weighted by Crippen LogP contribution is 2.32. The Hall–Kier alpha value is -2.19. The number of likely N-dealkylation sites (tertiary alicyclic amines) is 1. The van der Waals surface area contributed by atoms with Crippen LogP contribution in [0.1, 0.15) is 61.7 Å². The highest BCUT2D eigenvalue weighted by molar-refractivity contribution is 7.99. The van der Waals surface area contributed by atoms with E-state index in [2.05, 4.69) is 9.88 Å². The SMILES string of the molecule is COc1ccc2ncc(F)c(C(=O)CC[C@H]3CCN(CCSC4CCCCC4)C[C@H]3C(=O)O)c2c1. The number of carbonyl (C=O) groups excluding carboxylic acids is 1. The van der Waals surface area contributed by atoms with E-state index in [1.165, 1.54) is 39.2 Å². The molecule has 0 radical (unpaired) electrons. The van der Waals surface area contributed by atoms with Crippen LogP contribution in [0.15, 0.2) is 24.4 Å². The molecule has 190 valence electrons. The van der Waals surface area contributed by atoms with Crippen molar-refractivity contribution in [2.24, 2.45) is 11.8 Å². The number of halogens is 1. The van der Waals surface area contributed by atoms with Crippen molar-refractivity contribution in [1.29, 1.82) is 0 Å². The van der Waals surface area contributed by atoms with Gasteiger partial charge in [0.1, 0.15) is 5.75 Å². The Morgan fingerprint density at radius 3 is 2.77 bits per heavy atom. The number of nitrogens with zero attached hydrogens (tertiary/aromatic N) is 2. The summed E-state index contributed by atoms with van der Waals surface area (Å²) < 4.78 is 19.9. The maximum absolute atomic E-state index is 14.7. The number of ketones is 1. The summed E-state index contributed by atoms with van der Waals surface area (Å²) in [5.41, 5.74) is 0.538. The number of Topliss-reactive ketones (excluding diaryl/α,β-unsaturated/α-hetero) is 1. The van der Waals surface area contributed by atoms with Crippen LogP contribution in [0.5, 0.6) is 5.75 Å². The number of aliphatic carboxylic acids is 1. The van der Waals surface area contributed by atoms with Crippen molar-refractivity contribution in [3.05, 3.63) is 35.8 Å². The molecule has 2 heterocycles. The summed E-state index contributed by atoms with van der Waals surface area (Å²) in [7, 11) is 1.52. The first-order valence-corrected chi connectivity index (χ1v) is 13.7. The minimum atomic E-state index is -0.808. The molecular formula is C27H35FN2O4S. The third-order valence-corrected chi connectivity index (χ3v) is 8.88. The Labute approximate surface area is 210 Å². The second-order valence-corrected chi connectivity index (χ2v) is 11.2. The number of carboxylic acid groups (broad SMARTS) is 1. The van der Waals surface area contributed by atoms with Gasteiger partial charge in [0.05, 0.1) is 30.3 Å². The molecule has 1 aromatic heterocycles. The van der Waals surface area contributed by atoms with Gasteiger partial charge in [-0.05, 0) is 56.3 Å². The molecule has 8 heteroatoms. The maximum Gasteiger partial charge on any atom is 0.308 e. The number of carbonyl (C=O) groups is 2. The average molecular weight is 503 g/mol. The van der Waals surface area contributed by atoms with Crippen molar-refractivity contribution in [3.8, 4) is 5.75 Å². The second-order valence-electron chi connectivity index (χ2n) is 9.75. The van der Waals surface area contributed by atoms with Gasteiger partial charge >= 0.3 is 5.97 Å². The van der Waals surface area contributed by atoms with Gasteiger partial charge in [-0.15, -0.1) is 0 Å². The number of pyridine rings is 1. The molecule has 1 aliphatic heterocycles. The fourth-order valence-corrected chi connectivity index (χ4v) is 6.84. The predicted octanol–water partition coefficient (Wildman–Crippen LogP) is 5.43. The highest BCUT2D eigenvalue weighted by atomic mass is 32.2. The van der Waals surface area contributed by atoms with Gasteiger partial charge in [0.25, 0.3) is 0 Å². The molecule has 0 spiro atoms. The van der Waals surface area contributed by atoms with Crippen LogP contribution in [-0.2, 0) is 4.79 Å². The number of rotatable bonds is 10. The van der Waals surface area contributed by atoms with Gasteiger partial charge in [0, 0.05) is 35.9 Å². The zero-order valence-electron chi connectivity index (χ0n) is 20.4. The minimum Gasteiger partial charge on any atom is -0.497 e. The third kappa shape index (κ3) is 6.53. The van der Waals surface area contributed by atoms with Crippen molar-refractivity contribution in [2.45, 2.75) is 56.6 Å². The van der Waals surface area contributed by atoms with Crippen LogP contribution in [0.4, 0.5) is 4.39 Å². The number of methoxy groups -OCH3 is 1. The molecule has 0 unspecified atom stereocenters. The summed E-state index contributed by atoms with van der Waals surface area (Å²) in [6.07, 6.45) is 8.98. The molecule has 0 bridgehead atoms. The molecule has 2 atom stereocenters. The van der Waals surface area contributed by atoms with Gasteiger partial charge < -0.3 is 14.7 Å². The van der Waals surface area contributed by atoms with E-state index in [-0.39, 0.29) is 23.7 Å². The fourth-order valence-electron chi connectivity index (χ4n) is 5.48. The monoisotopic (exact) mass is 502 g/mol. The largest absolute Gasteiger partial charge is 0.497 e. The summed E-state index contributed by atoms with van der Waals surface area (Å²) in [4.78, 5) is 31.5. The van der Waals surface area contributed by atoms with Gasteiger partial charge in [-0.1, -0.05) is 19.3 Å². The molecule has 1 saturated heterocycles. The third-order valence-electron chi connectivity index (χ3n) is 7.52. The number of aromatic nitrogens is 1. The molecular weight excluding hydrogens is 467 g/mol. The van der Waals surface area contributed by atoms with Crippen LogP contribution in [-0.4, -0.2) is 64.5 Å². The molecule has 0 amide bonds. The van der Waals surface area contributed by atoms with Crippen LogP contribution in [0.2, 0.25) is 0 Å². The Morgan fingerprint density at radius 2 is 2.03 bits per heavy atom. The lowest BCUT2D eigenvalue weighted by atomic mass is 9.81. The standard InChI is InChI=1S/C27H35FN2O4S/c1-34-19-8-9-24-21(15-19)26(23(28)16-29-24)25(31)10-7-18-11-12-30(17-22(18)27(32)33)13-14-35-20-5-3-2-4-6-20/h8-9,15-16,18,20,22H,2-7,10-14,17H2,1H3,(H,32,33)/t18-,22+/m0/s1. The topological polar surface area (TPSA) is 79.7 Å². The number of ether oxygens (including phenoxy) is 1. The Morgan fingerprint density at radius 1 is 1.23 bits per heavy atom.